The van der Waals surface area contributed by atoms with E-state index < -0.39 is 24.1 Å². The summed E-state index contributed by atoms with van der Waals surface area (Å²) >= 11 is 0. The Morgan fingerprint density at radius 2 is 1.97 bits per heavy atom. The number of hydrogen-bond acceptors (Lipinski definition) is 8. The second-order valence-electron chi connectivity index (χ2n) is 9.12. The highest BCUT2D eigenvalue weighted by atomic mass is 19.1. The molecule has 38 heavy (non-hydrogen) atoms. The maximum Gasteiger partial charge on any atom is 0.414 e. The normalized spacial score (nSPS) is 18.1. The molecular formula is C26H30FN5O6. The minimum Gasteiger partial charge on any atom is -0.469 e. The first-order valence-corrected chi connectivity index (χ1v) is 12.4. The van der Waals surface area contributed by atoms with Crippen molar-refractivity contribution in [1.82, 2.24) is 15.2 Å². The zero-order valence-corrected chi connectivity index (χ0v) is 21.3. The quantitative estimate of drug-likeness (QED) is 0.518. The highest BCUT2D eigenvalue weighted by Gasteiger charge is 2.33. The average Bonchev–Trinajstić information content (AvgIpc) is 3.32. The van der Waals surface area contributed by atoms with Crippen molar-refractivity contribution < 1.29 is 33.0 Å². The molecule has 4 rings (SSSR count). The molecule has 2 fully saturated rings. The molecule has 1 aromatic heterocycles. The Hall–Kier alpha value is -4.22. The third kappa shape index (κ3) is 6.18. The van der Waals surface area contributed by atoms with Gasteiger partial charge in [-0.1, -0.05) is 0 Å². The van der Waals surface area contributed by atoms with Crippen LogP contribution < -0.4 is 15.1 Å². The van der Waals surface area contributed by atoms with Gasteiger partial charge in [-0.2, -0.15) is 0 Å². The van der Waals surface area contributed by atoms with E-state index in [1.165, 1.54) is 24.3 Å². The molecule has 0 aliphatic carbocycles. The van der Waals surface area contributed by atoms with Crippen molar-refractivity contribution in [2.24, 2.45) is 0 Å². The summed E-state index contributed by atoms with van der Waals surface area (Å²) in [6.45, 7) is 3.40. The van der Waals surface area contributed by atoms with Gasteiger partial charge < -0.3 is 24.6 Å². The highest BCUT2D eigenvalue weighted by molar-refractivity contribution is 5.97. The predicted molar refractivity (Wildman–Crippen MR) is 135 cm³/mol. The van der Waals surface area contributed by atoms with E-state index in [1.54, 1.807) is 42.3 Å². The smallest absolute Gasteiger partial charge is 0.414 e. The zero-order chi connectivity index (χ0) is 27.2. The van der Waals surface area contributed by atoms with Crippen molar-refractivity contribution in [1.29, 1.82) is 0 Å². The van der Waals surface area contributed by atoms with Gasteiger partial charge >= 0.3 is 12.1 Å². The van der Waals surface area contributed by atoms with Crippen LogP contribution >= 0.6 is 0 Å². The number of nitrogens with zero attached hydrogens (tertiary/aromatic N) is 4. The number of carbonyl (C=O) groups excluding carboxylic acids is 4. The van der Waals surface area contributed by atoms with Gasteiger partial charge in [0.05, 0.1) is 30.6 Å². The molecule has 0 radical (unpaired) electrons. The van der Waals surface area contributed by atoms with Gasteiger partial charge in [0, 0.05) is 45.0 Å². The number of nitrogens with one attached hydrogen (secondary N) is 1. The van der Waals surface area contributed by atoms with E-state index in [0.29, 0.717) is 49.5 Å². The standard InChI is InChI=1S/C26H30FN5O6/c1-17(29-24(34)18-4-3-9-28-15-18)25(35)31-12-10-30(11-13-31)22-7-5-19(14-21(22)27)32-16-20(38-26(32)36)6-8-23(33)37-2/h3-5,7,9,14-15,17,20H,6,8,10-13,16H2,1-2H3,(H,29,34)/t17-,20-/m0/s1. The van der Waals surface area contributed by atoms with Gasteiger partial charge in [-0.3, -0.25) is 24.3 Å². The van der Waals surface area contributed by atoms with Crippen molar-refractivity contribution in [2.45, 2.75) is 31.9 Å². The first kappa shape index (κ1) is 26.8. The number of piperazine rings is 1. The molecule has 2 saturated heterocycles. The Morgan fingerprint density at radius 1 is 1.21 bits per heavy atom. The van der Waals surface area contributed by atoms with Crippen LogP contribution in [0.3, 0.4) is 0 Å². The Balaban J connectivity index is 1.30. The molecule has 2 aliphatic heterocycles. The van der Waals surface area contributed by atoms with Gasteiger partial charge in [0.15, 0.2) is 0 Å². The number of benzene rings is 1. The molecule has 12 heteroatoms. The first-order valence-electron chi connectivity index (χ1n) is 12.4. The van der Waals surface area contributed by atoms with Crippen molar-refractivity contribution >= 4 is 35.3 Å². The second-order valence-corrected chi connectivity index (χ2v) is 9.12. The van der Waals surface area contributed by atoms with Crippen LogP contribution in [0.25, 0.3) is 0 Å². The first-order chi connectivity index (χ1) is 18.3. The summed E-state index contributed by atoms with van der Waals surface area (Å²) in [5.74, 6) is -1.48. The fourth-order valence-corrected chi connectivity index (χ4v) is 4.46. The van der Waals surface area contributed by atoms with Gasteiger partial charge in [-0.05, 0) is 43.7 Å². The summed E-state index contributed by atoms with van der Waals surface area (Å²) in [4.78, 5) is 57.5. The van der Waals surface area contributed by atoms with Gasteiger partial charge in [0.25, 0.3) is 5.91 Å². The van der Waals surface area contributed by atoms with Crippen LogP contribution in [0.15, 0.2) is 42.7 Å². The van der Waals surface area contributed by atoms with Gasteiger partial charge in [0.2, 0.25) is 5.91 Å². The topological polar surface area (TPSA) is 121 Å². The lowest BCUT2D eigenvalue weighted by Gasteiger charge is -2.37. The summed E-state index contributed by atoms with van der Waals surface area (Å²) in [5.41, 5.74) is 1.10. The van der Waals surface area contributed by atoms with E-state index in [0.717, 1.165) is 0 Å². The van der Waals surface area contributed by atoms with Crippen LogP contribution in [-0.2, 0) is 19.1 Å². The number of anilines is 2. The molecule has 1 aromatic carbocycles. The third-order valence-electron chi connectivity index (χ3n) is 6.59. The van der Waals surface area contributed by atoms with Crippen LogP contribution in [0.4, 0.5) is 20.6 Å². The number of cyclic esters (lactones) is 1. The van der Waals surface area contributed by atoms with E-state index in [-0.39, 0.29) is 30.7 Å². The van der Waals surface area contributed by atoms with Crippen LogP contribution in [0.2, 0.25) is 0 Å². The number of ether oxygens (including phenoxy) is 2. The number of amides is 3. The number of hydrogen-bond donors (Lipinski definition) is 1. The van der Waals surface area contributed by atoms with Crippen molar-refractivity contribution in [2.75, 3.05) is 49.6 Å². The molecule has 3 heterocycles. The molecule has 1 N–H and O–H groups in total. The lowest BCUT2D eigenvalue weighted by atomic mass is 10.1. The Morgan fingerprint density at radius 3 is 2.63 bits per heavy atom. The highest BCUT2D eigenvalue weighted by Crippen LogP contribution is 2.29. The SMILES string of the molecule is COC(=O)CC[C@H]1CN(c2ccc(N3CCN(C(=O)[C@H](C)NC(=O)c4cccnc4)CC3)c(F)c2)C(=O)O1. The third-order valence-corrected chi connectivity index (χ3v) is 6.59. The molecule has 0 spiro atoms. The van der Waals surface area contributed by atoms with Crippen LogP contribution in [0.1, 0.15) is 30.1 Å². The number of halogens is 1. The van der Waals surface area contributed by atoms with E-state index in [1.807, 2.05) is 4.90 Å². The number of esters is 1. The molecular weight excluding hydrogens is 497 g/mol. The molecule has 2 atom stereocenters. The minimum atomic E-state index is -0.720. The monoisotopic (exact) mass is 527 g/mol. The summed E-state index contributed by atoms with van der Waals surface area (Å²) in [6.07, 6.45) is 2.37. The Bertz CT molecular complexity index is 1190. The van der Waals surface area contributed by atoms with Gasteiger partial charge in [0.1, 0.15) is 18.0 Å². The molecule has 0 bridgehead atoms. The van der Waals surface area contributed by atoms with E-state index in [2.05, 4.69) is 15.0 Å². The summed E-state index contributed by atoms with van der Waals surface area (Å²) < 4.78 is 25.0. The summed E-state index contributed by atoms with van der Waals surface area (Å²) in [7, 11) is 1.29. The molecule has 202 valence electrons. The summed E-state index contributed by atoms with van der Waals surface area (Å²) in [5, 5.41) is 2.69. The van der Waals surface area contributed by atoms with Gasteiger partial charge in [-0.15, -0.1) is 0 Å². The fourth-order valence-electron chi connectivity index (χ4n) is 4.46. The maximum absolute atomic E-state index is 15.1. The van der Waals surface area contributed by atoms with E-state index in [4.69, 9.17) is 4.74 Å². The number of carbonyl (C=O) groups is 4. The maximum atomic E-state index is 15.1. The lowest BCUT2D eigenvalue weighted by Crippen LogP contribution is -2.54. The molecule has 2 aliphatic rings. The molecule has 3 amide bonds. The van der Waals surface area contributed by atoms with Crippen molar-refractivity contribution in [3.8, 4) is 0 Å². The number of methoxy groups -OCH3 is 1. The fraction of sp³-hybridized carbons (Fsp3) is 0.423. The molecule has 11 nitrogen and oxygen atoms in total. The van der Waals surface area contributed by atoms with Crippen molar-refractivity contribution in [3.05, 3.63) is 54.1 Å². The number of pyridine rings is 1. The van der Waals surface area contributed by atoms with Gasteiger partial charge in [-0.25, -0.2) is 9.18 Å². The molecule has 2 aromatic rings. The van der Waals surface area contributed by atoms with Crippen LogP contribution in [-0.4, -0.2) is 85.7 Å². The van der Waals surface area contributed by atoms with E-state index in [9.17, 15) is 19.2 Å². The minimum absolute atomic E-state index is 0.125. The largest absolute Gasteiger partial charge is 0.469 e. The van der Waals surface area contributed by atoms with Crippen LogP contribution in [0.5, 0.6) is 0 Å². The Labute approximate surface area is 219 Å². The number of aromatic nitrogens is 1. The van der Waals surface area contributed by atoms with Crippen LogP contribution in [0, 0.1) is 5.82 Å². The summed E-state index contributed by atoms with van der Waals surface area (Å²) in [6, 6.07) is 7.08. The average molecular weight is 528 g/mol. The van der Waals surface area contributed by atoms with Crippen molar-refractivity contribution in [3.63, 3.8) is 0 Å². The lowest BCUT2D eigenvalue weighted by molar-refractivity contribution is -0.141. The molecule has 0 saturated carbocycles. The second kappa shape index (κ2) is 11.9. The molecule has 0 unspecified atom stereocenters. The predicted octanol–water partition coefficient (Wildman–Crippen LogP) is 1.97. The zero-order valence-electron chi connectivity index (χ0n) is 21.3. The Kier molecular flexibility index (Phi) is 8.39. The van der Waals surface area contributed by atoms with E-state index >= 15 is 4.39 Å². The number of rotatable bonds is 8.